The summed E-state index contributed by atoms with van der Waals surface area (Å²) in [6.07, 6.45) is 3.26. The molecule has 0 aliphatic rings. The Morgan fingerprint density at radius 3 is 1.50 bits per heavy atom. The highest BCUT2D eigenvalue weighted by Gasteiger charge is 1.98. The fraction of sp³-hybridized carbons (Fsp3) is 0.125. The molecule has 0 saturated heterocycles. The zero-order valence-electron chi connectivity index (χ0n) is 11.5. The van der Waals surface area contributed by atoms with Crippen molar-refractivity contribution >= 4 is 23.8 Å². The van der Waals surface area contributed by atoms with Gasteiger partial charge in [-0.15, -0.1) is 0 Å². The molecule has 0 unspecified atom stereocenters. The number of hydrogen-bond acceptors (Lipinski definition) is 4. The normalized spacial score (nSPS) is 11.1. The van der Waals surface area contributed by atoms with Crippen LogP contribution in [0.3, 0.4) is 0 Å². The van der Waals surface area contributed by atoms with Gasteiger partial charge in [0, 0.05) is 12.4 Å². The van der Waals surface area contributed by atoms with Crippen LogP contribution in [0.1, 0.15) is 0 Å². The van der Waals surface area contributed by atoms with Crippen molar-refractivity contribution in [2.24, 2.45) is 9.98 Å². The zero-order valence-corrected chi connectivity index (χ0v) is 11.5. The summed E-state index contributed by atoms with van der Waals surface area (Å²) in [7, 11) is 3.24. The number of hydrogen-bond donors (Lipinski definition) is 0. The quantitative estimate of drug-likeness (QED) is 0.774. The molecule has 0 amide bonds. The summed E-state index contributed by atoms with van der Waals surface area (Å²) in [6, 6.07) is 15.1. The van der Waals surface area contributed by atoms with E-state index in [2.05, 4.69) is 9.98 Å². The predicted molar refractivity (Wildman–Crippen MR) is 82.3 cm³/mol. The van der Waals surface area contributed by atoms with Gasteiger partial charge >= 0.3 is 0 Å². The van der Waals surface area contributed by atoms with Gasteiger partial charge in [0.25, 0.3) is 0 Å². The van der Waals surface area contributed by atoms with Gasteiger partial charge in [-0.2, -0.15) is 0 Å². The third-order valence-electron chi connectivity index (χ3n) is 2.66. The largest absolute Gasteiger partial charge is 0.494 e. The molecule has 0 spiro atoms. The Balaban J connectivity index is 2.11. The molecule has 0 atom stereocenters. The lowest BCUT2D eigenvalue weighted by atomic mass is 10.3. The molecule has 0 aliphatic carbocycles. The second-order valence-electron chi connectivity index (χ2n) is 3.90. The van der Waals surface area contributed by atoms with Gasteiger partial charge in [0.2, 0.25) is 0 Å². The molecular formula is C16H16N2O2. The summed E-state index contributed by atoms with van der Waals surface area (Å²) in [5, 5.41) is 0. The maximum Gasteiger partial charge on any atom is 0.144 e. The number of aliphatic imine (C=N–C) groups is 2. The van der Waals surface area contributed by atoms with Crippen LogP contribution in [-0.4, -0.2) is 26.6 Å². The van der Waals surface area contributed by atoms with Crippen LogP contribution in [0.15, 0.2) is 58.5 Å². The minimum atomic E-state index is 0.731. The maximum absolute atomic E-state index is 5.22. The Kier molecular flexibility index (Phi) is 4.89. The molecule has 0 radical (unpaired) electrons. The average molecular weight is 268 g/mol. The highest BCUT2D eigenvalue weighted by atomic mass is 16.5. The summed E-state index contributed by atoms with van der Waals surface area (Å²) < 4.78 is 10.4. The molecule has 0 bridgehead atoms. The Labute approximate surface area is 118 Å². The van der Waals surface area contributed by atoms with Crippen LogP contribution in [0.25, 0.3) is 0 Å². The van der Waals surface area contributed by atoms with Crippen molar-refractivity contribution in [1.29, 1.82) is 0 Å². The lowest BCUT2D eigenvalue weighted by molar-refractivity contribution is 0.416. The smallest absolute Gasteiger partial charge is 0.144 e. The zero-order chi connectivity index (χ0) is 14.2. The Morgan fingerprint density at radius 2 is 1.10 bits per heavy atom. The predicted octanol–water partition coefficient (Wildman–Crippen LogP) is 3.81. The first-order chi connectivity index (χ1) is 9.85. The van der Waals surface area contributed by atoms with Crippen LogP contribution in [0.5, 0.6) is 11.5 Å². The van der Waals surface area contributed by atoms with Crippen molar-refractivity contribution in [3.8, 4) is 11.5 Å². The minimum Gasteiger partial charge on any atom is -0.494 e. The molecule has 0 aliphatic heterocycles. The first-order valence-corrected chi connectivity index (χ1v) is 6.18. The third kappa shape index (κ3) is 3.45. The van der Waals surface area contributed by atoms with Crippen LogP contribution >= 0.6 is 0 Å². The molecule has 4 heteroatoms. The van der Waals surface area contributed by atoms with Gasteiger partial charge < -0.3 is 9.47 Å². The molecule has 0 heterocycles. The lowest BCUT2D eigenvalue weighted by Gasteiger charge is -2.02. The Hall–Kier alpha value is -2.62. The van der Waals surface area contributed by atoms with E-state index in [9.17, 15) is 0 Å². The molecule has 0 fully saturated rings. The number of rotatable bonds is 5. The lowest BCUT2D eigenvalue weighted by Crippen LogP contribution is -1.84. The van der Waals surface area contributed by atoms with E-state index in [1.165, 1.54) is 0 Å². The van der Waals surface area contributed by atoms with Gasteiger partial charge in [0.15, 0.2) is 0 Å². The monoisotopic (exact) mass is 268 g/mol. The number of benzene rings is 2. The molecule has 0 N–H and O–H groups in total. The fourth-order valence-electron chi connectivity index (χ4n) is 1.70. The van der Waals surface area contributed by atoms with E-state index in [0.717, 1.165) is 22.9 Å². The SMILES string of the molecule is COc1ccccc1N=CC=Nc1ccccc1OC. The molecular weight excluding hydrogens is 252 g/mol. The van der Waals surface area contributed by atoms with Crippen molar-refractivity contribution in [1.82, 2.24) is 0 Å². The fourth-order valence-corrected chi connectivity index (χ4v) is 1.70. The molecule has 102 valence electrons. The summed E-state index contributed by atoms with van der Waals surface area (Å²) in [6.45, 7) is 0. The number of para-hydroxylation sites is 4. The first-order valence-electron chi connectivity index (χ1n) is 6.18. The molecule has 2 rings (SSSR count). The van der Waals surface area contributed by atoms with E-state index < -0.39 is 0 Å². The van der Waals surface area contributed by atoms with E-state index in [1.54, 1.807) is 26.6 Å². The topological polar surface area (TPSA) is 43.2 Å². The van der Waals surface area contributed by atoms with Crippen LogP contribution < -0.4 is 9.47 Å². The van der Waals surface area contributed by atoms with Gasteiger partial charge in [-0.3, -0.25) is 9.98 Å². The van der Waals surface area contributed by atoms with E-state index in [-0.39, 0.29) is 0 Å². The maximum atomic E-state index is 5.22. The van der Waals surface area contributed by atoms with Crippen LogP contribution in [0.4, 0.5) is 11.4 Å². The van der Waals surface area contributed by atoms with Crippen molar-refractivity contribution in [2.45, 2.75) is 0 Å². The molecule has 0 saturated carbocycles. The minimum absolute atomic E-state index is 0.731. The highest BCUT2D eigenvalue weighted by molar-refractivity contribution is 6.17. The second kappa shape index (κ2) is 7.09. The van der Waals surface area contributed by atoms with E-state index in [1.807, 2.05) is 48.5 Å². The van der Waals surface area contributed by atoms with Crippen LogP contribution in [0, 0.1) is 0 Å². The summed E-state index contributed by atoms with van der Waals surface area (Å²) >= 11 is 0. The number of methoxy groups -OCH3 is 2. The van der Waals surface area contributed by atoms with Gasteiger partial charge in [0.1, 0.15) is 22.9 Å². The molecule has 2 aromatic carbocycles. The number of ether oxygens (including phenoxy) is 2. The summed E-state index contributed by atoms with van der Waals surface area (Å²) in [5.74, 6) is 1.46. The summed E-state index contributed by atoms with van der Waals surface area (Å²) in [5.41, 5.74) is 1.53. The molecule has 2 aromatic rings. The molecule has 4 nitrogen and oxygen atoms in total. The number of nitrogens with zero attached hydrogens (tertiary/aromatic N) is 2. The Bertz CT molecular complexity index is 566. The van der Waals surface area contributed by atoms with E-state index >= 15 is 0 Å². The molecule has 0 aromatic heterocycles. The van der Waals surface area contributed by atoms with Crippen LogP contribution in [0.2, 0.25) is 0 Å². The van der Waals surface area contributed by atoms with Crippen molar-refractivity contribution in [2.75, 3.05) is 14.2 Å². The van der Waals surface area contributed by atoms with Crippen molar-refractivity contribution in [3.63, 3.8) is 0 Å². The second-order valence-corrected chi connectivity index (χ2v) is 3.90. The first kappa shape index (κ1) is 13.8. The van der Waals surface area contributed by atoms with Gasteiger partial charge in [-0.25, -0.2) is 0 Å². The highest BCUT2D eigenvalue weighted by Crippen LogP contribution is 2.26. The Morgan fingerprint density at radius 1 is 0.700 bits per heavy atom. The van der Waals surface area contributed by atoms with Crippen molar-refractivity contribution in [3.05, 3.63) is 48.5 Å². The third-order valence-corrected chi connectivity index (χ3v) is 2.66. The van der Waals surface area contributed by atoms with Gasteiger partial charge in [0.05, 0.1) is 14.2 Å². The summed E-state index contributed by atoms with van der Waals surface area (Å²) in [4.78, 5) is 8.61. The van der Waals surface area contributed by atoms with Crippen LogP contribution in [-0.2, 0) is 0 Å². The van der Waals surface area contributed by atoms with Gasteiger partial charge in [-0.1, -0.05) is 24.3 Å². The van der Waals surface area contributed by atoms with E-state index in [4.69, 9.17) is 9.47 Å². The average Bonchev–Trinajstić information content (AvgIpc) is 2.52. The van der Waals surface area contributed by atoms with Gasteiger partial charge in [-0.05, 0) is 24.3 Å². The molecule has 20 heavy (non-hydrogen) atoms. The van der Waals surface area contributed by atoms with E-state index in [0.29, 0.717) is 0 Å². The van der Waals surface area contributed by atoms with Crippen molar-refractivity contribution < 1.29 is 9.47 Å². The standard InChI is InChI=1S/C16H16N2O2/c1-19-15-9-5-3-7-13(15)17-11-12-18-14-8-4-6-10-16(14)20-2/h3-12H,1-2H3.